The van der Waals surface area contributed by atoms with E-state index in [9.17, 15) is 14.4 Å². The second kappa shape index (κ2) is 12.6. The molecule has 44 heavy (non-hydrogen) atoms. The van der Waals surface area contributed by atoms with E-state index in [-0.39, 0.29) is 11.8 Å². The van der Waals surface area contributed by atoms with Crippen LogP contribution in [0.1, 0.15) is 32.7 Å². The summed E-state index contributed by atoms with van der Waals surface area (Å²) in [6, 6.07) is 21.7. The zero-order chi connectivity index (χ0) is 30.6. The number of piperazine rings is 1. The number of aromatic amines is 1. The van der Waals surface area contributed by atoms with E-state index in [2.05, 4.69) is 43.1 Å². The van der Waals surface area contributed by atoms with Crippen molar-refractivity contribution < 1.29 is 14.4 Å². The Morgan fingerprint density at radius 1 is 0.886 bits per heavy atom. The summed E-state index contributed by atoms with van der Waals surface area (Å²) in [5.41, 5.74) is 7.01. The molecule has 0 spiro atoms. The average molecular weight is 590 g/mol. The highest BCUT2D eigenvalue weighted by Gasteiger charge is 2.24. The van der Waals surface area contributed by atoms with Gasteiger partial charge >= 0.3 is 6.03 Å². The van der Waals surface area contributed by atoms with E-state index < -0.39 is 6.03 Å². The minimum Gasteiger partial charge on any atom is -0.362 e. The Kier molecular flexibility index (Phi) is 8.27. The molecule has 10 nitrogen and oxygen atoms in total. The molecule has 2 aliphatic heterocycles. The third-order valence-corrected chi connectivity index (χ3v) is 7.94. The number of carbonyl (C=O) groups excluding carboxylic acids is 3. The van der Waals surface area contributed by atoms with Crippen LogP contribution < -0.4 is 21.3 Å². The van der Waals surface area contributed by atoms with Gasteiger partial charge in [0.1, 0.15) is 0 Å². The van der Waals surface area contributed by atoms with E-state index in [1.54, 1.807) is 42.6 Å². The minimum atomic E-state index is -0.445. The Morgan fingerprint density at radius 2 is 1.64 bits per heavy atom. The Bertz CT molecular complexity index is 1720. The van der Waals surface area contributed by atoms with Gasteiger partial charge in [0.25, 0.3) is 11.8 Å². The fraction of sp³-hybridized carbons (Fsp3) is 0.206. The number of likely N-dealkylation sites (N-methyl/N-ethyl adjacent to an activating group) is 1. The molecular weight excluding hydrogens is 554 g/mol. The van der Waals surface area contributed by atoms with Crippen LogP contribution in [0.4, 0.5) is 27.5 Å². The topological polar surface area (TPSA) is 122 Å². The number of aromatic nitrogens is 1. The minimum absolute atomic E-state index is 0.202. The van der Waals surface area contributed by atoms with Crippen molar-refractivity contribution in [2.45, 2.75) is 13.5 Å². The summed E-state index contributed by atoms with van der Waals surface area (Å²) in [6.45, 7) is 6.97. The first-order chi connectivity index (χ1) is 21.3. The van der Waals surface area contributed by atoms with Crippen LogP contribution in [0, 0.1) is 6.92 Å². The summed E-state index contributed by atoms with van der Waals surface area (Å²) in [7, 11) is 2.14. The molecule has 0 saturated carbocycles. The second-order valence-corrected chi connectivity index (χ2v) is 11.2. The lowest BCUT2D eigenvalue weighted by Gasteiger charge is -2.32. The van der Waals surface area contributed by atoms with Gasteiger partial charge in [-0.1, -0.05) is 24.3 Å². The van der Waals surface area contributed by atoms with Gasteiger partial charge in [0.05, 0.1) is 11.3 Å². The fourth-order valence-electron chi connectivity index (χ4n) is 5.35. The van der Waals surface area contributed by atoms with Crippen LogP contribution in [-0.2, 0) is 11.3 Å². The van der Waals surface area contributed by atoms with Gasteiger partial charge in [0, 0.05) is 72.8 Å². The van der Waals surface area contributed by atoms with Gasteiger partial charge in [-0.05, 0) is 79.7 Å². The molecular formula is C34H35N7O3. The van der Waals surface area contributed by atoms with Crippen LogP contribution in [-0.4, -0.2) is 65.9 Å². The molecule has 3 aromatic carbocycles. The molecule has 0 bridgehead atoms. The normalized spacial score (nSPS) is 16.0. The first-order valence-corrected chi connectivity index (χ1v) is 14.6. The number of benzene rings is 3. The van der Waals surface area contributed by atoms with Gasteiger partial charge in [-0.3, -0.25) is 14.5 Å². The predicted molar refractivity (Wildman–Crippen MR) is 175 cm³/mol. The molecule has 3 heterocycles. The number of rotatable bonds is 7. The zero-order valence-corrected chi connectivity index (χ0v) is 24.7. The summed E-state index contributed by atoms with van der Waals surface area (Å²) in [6.07, 6.45) is 3.59. The summed E-state index contributed by atoms with van der Waals surface area (Å²) in [5.74, 6) is -0.424. The third-order valence-electron chi connectivity index (χ3n) is 7.94. The molecule has 1 aromatic heterocycles. The van der Waals surface area contributed by atoms with Crippen molar-refractivity contribution in [2.75, 3.05) is 54.5 Å². The number of aryl methyl sites for hydroxylation is 1. The van der Waals surface area contributed by atoms with Gasteiger partial charge < -0.3 is 31.2 Å². The summed E-state index contributed by atoms with van der Waals surface area (Å²) in [5, 5.41) is 11.5. The van der Waals surface area contributed by atoms with E-state index >= 15 is 0 Å². The highest BCUT2D eigenvalue weighted by Crippen LogP contribution is 2.35. The van der Waals surface area contributed by atoms with Crippen LogP contribution in [0.5, 0.6) is 0 Å². The molecule has 4 amide bonds. The van der Waals surface area contributed by atoms with Crippen LogP contribution >= 0.6 is 0 Å². The smallest absolute Gasteiger partial charge is 0.323 e. The Hall–Kier alpha value is -5.19. The molecule has 10 heteroatoms. The fourth-order valence-corrected chi connectivity index (χ4v) is 5.35. The molecule has 0 atom stereocenters. The van der Waals surface area contributed by atoms with Crippen LogP contribution in [0.3, 0.4) is 0 Å². The molecule has 1 saturated heterocycles. The van der Waals surface area contributed by atoms with Crippen molar-refractivity contribution in [1.82, 2.24) is 14.8 Å². The largest absolute Gasteiger partial charge is 0.362 e. The lowest BCUT2D eigenvalue weighted by atomic mass is 10.1. The first-order valence-electron chi connectivity index (χ1n) is 14.6. The number of anilines is 4. The molecule has 0 radical (unpaired) electrons. The van der Waals surface area contributed by atoms with Crippen LogP contribution in [0.2, 0.25) is 0 Å². The highest BCUT2D eigenvalue weighted by molar-refractivity contribution is 6.35. The Morgan fingerprint density at radius 3 is 2.39 bits per heavy atom. The van der Waals surface area contributed by atoms with Gasteiger partial charge in [-0.2, -0.15) is 0 Å². The van der Waals surface area contributed by atoms with Crippen LogP contribution in [0.15, 0.2) is 79.0 Å². The molecule has 0 aliphatic carbocycles. The second-order valence-electron chi connectivity index (χ2n) is 11.2. The number of fused-ring (bicyclic) bond motifs is 1. The van der Waals surface area contributed by atoms with E-state index in [4.69, 9.17) is 0 Å². The van der Waals surface area contributed by atoms with E-state index in [1.807, 2.05) is 49.4 Å². The molecule has 6 rings (SSSR count). The third kappa shape index (κ3) is 6.72. The Balaban J connectivity index is 1.06. The maximum absolute atomic E-state index is 13.0. The molecule has 0 unspecified atom stereocenters. The number of carbonyl (C=O) groups is 3. The molecule has 224 valence electrons. The monoisotopic (exact) mass is 589 g/mol. The van der Waals surface area contributed by atoms with Crippen LogP contribution in [0.25, 0.3) is 11.6 Å². The zero-order valence-electron chi connectivity index (χ0n) is 24.7. The number of nitrogens with one attached hydrogen (secondary N) is 5. The molecule has 2 aliphatic rings. The standard InChI is InChI=1S/C34H35N7O3/c1-22-5-10-26(36-32(42)24-8-6-23(7-9-24)21-41-16-14-40(2)15-17-41)19-30(22)39-34(44)37-27-11-12-28-29(18-25-4-3-13-35-25)33(43)38-31(28)20-27/h3-13,18-20,35H,14-17,21H2,1-2H3,(H,36,42)(H,38,43)(H2,37,39,44). The van der Waals surface area contributed by atoms with Crippen molar-refractivity contribution >= 4 is 52.2 Å². The highest BCUT2D eigenvalue weighted by atomic mass is 16.2. The van der Waals surface area contributed by atoms with Gasteiger partial charge in [-0.25, -0.2) is 4.79 Å². The average Bonchev–Trinajstić information content (AvgIpc) is 3.63. The number of hydrogen-bond acceptors (Lipinski definition) is 5. The van der Waals surface area contributed by atoms with Crippen molar-refractivity contribution in [3.63, 3.8) is 0 Å². The van der Waals surface area contributed by atoms with Crippen molar-refractivity contribution in [2.24, 2.45) is 0 Å². The first kappa shape index (κ1) is 28.9. The number of nitrogens with zero attached hydrogens (tertiary/aromatic N) is 2. The number of hydrogen-bond donors (Lipinski definition) is 5. The Labute approximate surface area is 256 Å². The quantitative estimate of drug-likeness (QED) is 0.183. The summed E-state index contributed by atoms with van der Waals surface area (Å²) < 4.78 is 0. The molecule has 5 N–H and O–H groups in total. The summed E-state index contributed by atoms with van der Waals surface area (Å²) in [4.78, 5) is 46.2. The predicted octanol–water partition coefficient (Wildman–Crippen LogP) is 5.46. The van der Waals surface area contributed by atoms with E-state index in [0.29, 0.717) is 33.9 Å². The van der Waals surface area contributed by atoms with E-state index in [1.165, 1.54) is 5.56 Å². The SMILES string of the molecule is Cc1ccc(NC(=O)c2ccc(CN3CCN(C)CC3)cc2)cc1NC(=O)Nc1ccc2c(c1)NC(=O)C2=Cc1ccc[nH]1. The molecule has 1 fully saturated rings. The van der Waals surface area contributed by atoms with Crippen molar-refractivity contribution in [3.8, 4) is 0 Å². The van der Waals surface area contributed by atoms with E-state index in [0.717, 1.165) is 49.5 Å². The lowest BCUT2D eigenvalue weighted by molar-refractivity contribution is -0.110. The maximum Gasteiger partial charge on any atom is 0.323 e. The lowest BCUT2D eigenvalue weighted by Crippen LogP contribution is -2.43. The summed E-state index contributed by atoms with van der Waals surface area (Å²) >= 11 is 0. The van der Waals surface area contributed by atoms with Gasteiger partial charge in [0.2, 0.25) is 0 Å². The van der Waals surface area contributed by atoms with Crippen molar-refractivity contribution in [3.05, 3.63) is 107 Å². The van der Waals surface area contributed by atoms with Gasteiger partial charge in [-0.15, -0.1) is 0 Å². The number of H-pyrrole nitrogens is 1. The van der Waals surface area contributed by atoms with Gasteiger partial charge in [0.15, 0.2) is 0 Å². The maximum atomic E-state index is 13.0. The molecule has 4 aromatic rings. The van der Waals surface area contributed by atoms with Crippen molar-refractivity contribution in [1.29, 1.82) is 0 Å². The number of urea groups is 1. The number of amides is 4.